The number of aliphatic hydroxyl groups excluding tert-OH is 1. The molecule has 0 rings (SSSR count). The standard InChI is InChI=1S/C5H10Cl2O/c1-5(2,3-6)4(7)8/h4,8H,3H2,1-2H3. The lowest BCUT2D eigenvalue weighted by molar-refractivity contribution is 0.138. The van der Waals surface area contributed by atoms with Crippen molar-refractivity contribution >= 4 is 23.2 Å². The molecule has 50 valence electrons. The summed E-state index contributed by atoms with van der Waals surface area (Å²) in [6.07, 6.45) is 0. The minimum absolute atomic E-state index is 0.372. The fourth-order valence-electron chi connectivity index (χ4n) is 0.0637. The largest absolute Gasteiger partial charge is 0.377 e. The molecule has 0 aliphatic heterocycles. The van der Waals surface area contributed by atoms with E-state index in [2.05, 4.69) is 0 Å². The van der Waals surface area contributed by atoms with Gasteiger partial charge >= 0.3 is 0 Å². The average Bonchev–Trinajstić information content (AvgIpc) is 1.67. The van der Waals surface area contributed by atoms with Gasteiger partial charge < -0.3 is 5.11 Å². The predicted octanol–water partition coefficient (Wildman–Crippen LogP) is 1.81. The summed E-state index contributed by atoms with van der Waals surface area (Å²) in [5.41, 5.74) is -1.22. The molecule has 1 N–H and O–H groups in total. The Kier molecular flexibility index (Phi) is 3.10. The van der Waals surface area contributed by atoms with Crippen molar-refractivity contribution in [3.8, 4) is 0 Å². The molecule has 0 spiro atoms. The van der Waals surface area contributed by atoms with Crippen LogP contribution in [0.3, 0.4) is 0 Å². The Morgan fingerprint density at radius 2 is 2.00 bits per heavy atom. The number of hydrogen-bond donors (Lipinski definition) is 1. The average molecular weight is 157 g/mol. The second-order valence-electron chi connectivity index (χ2n) is 2.46. The van der Waals surface area contributed by atoms with Gasteiger partial charge in [0.15, 0.2) is 0 Å². The van der Waals surface area contributed by atoms with Crippen molar-refractivity contribution in [2.24, 2.45) is 5.41 Å². The lowest BCUT2D eigenvalue weighted by Gasteiger charge is -2.22. The SMILES string of the molecule is CC(C)(CCl)C(O)Cl. The van der Waals surface area contributed by atoms with E-state index in [0.717, 1.165) is 0 Å². The van der Waals surface area contributed by atoms with Crippen LogP contribution in [0.5, 0.6) is 0 Å². The van der Waals surface area contributed by atoms with Gasteiger partial charge in [-0.1, -0.05) is 25.4 Å². The van der Waals surface area contributed by atoms with E-state index in [-0.39, 0.29) is 5.41 Å². The third kappa shape index (κ3) is 2.21. The third-order valence-electron chi connectivity index (χ3n) is 0.989. The summed E-state index contributed by atoms with van der Waals surface area (Å²) in [5, 5.41) is 8.76. The first-order valence-electron chi connectivity index (χ1n) is 2.39. The van der Waals surface area contributed by atoms with Crippen molar-refractivity contribution in [1.82, 2.24) is 0 Å². The van der Waals surface area contributed by atoms with Crippen LogP contribution in [0.4, 0.5) is 0 Å². The van der Waals surface area contributed by atoms with Gasteiger partial charge in [0.2, 0.25) is 0 Å². The summed E-state index contributed by atoms with van der Waals surface area (Å²) >= 11 is 10.8. The molecular weight excluding hydrogens is 147 g/mol. The van der Waals surface area contributed by atoms with Crippen molar-refractivity contribution in [3.05, 3.63) is 0 Å². The molecule has 0 aromatic carbocycles. The highest BCUT2D eigenvalue weighted by Crippen LogP contribution is 2.24. The van der Waals surface area contributed by atoms with E-state index < -0.39 is 5.56 Å². The summed E-state index contributed by atoms with van der Waals surface area (Å²) in [5.74, 6) is 0.373. The van der Waals surface area contributed by atoms with Gasteiger partial charge in [0.25, 0.3) is 0 Å². The van der Waals surface area contributed by atoms with E-state index in [9.17, 15) is 0 Å². The maximum atomic E-state index is 8.76. The van der Waals surface area contributed by atoms with Crippen LogP contribution in [0.15, 0.2) is 0 Å². The Morgan fingerprint density at radius 1 is 1.62 bits per heavy atom. The van der Waals surface area contributed by atoms with Crippen LogP contribution in [-0.2, 0) is 0 Å². The molecule has 3 heteroatoms. The van der Waals surface area contributed by atoms with Crippen LogP contribution in [0, 0.1) is 5.41 Å². The van der Waals surface area contributed by atoms with E-state index >= 15 is 0 Å². The topological polar surface area (TPSA) is 20.2 Å². The maximum Gasteiger partial charge on any atom is 0.134 e. The fraction of sp³-hybridized carbons (Fsp3) is 1.00. The Balaban J connectivity index is 3.71. The molecule has 0 radical (unpaired) electrons. The molecule has 0 saturated heterocycles. The van der Waals surface area contributed by atoms with Gasteiger partial charge in [-0.15, -0.1) is 11.6 Å². The second kappa shape index (κ2) is 2.90. The minimum Gasteiger partial charge on any atom is -0.377 e. The van der Waals surface area contributed by atoms with Gasteiger partial charge in [-0.25, -0.2) is 0 Å². The minimum atomic E-state index is -0.847. The molecule has 0 heterocycles. The van der Waals surface area contributed by atoms with Crippen LogP contribution in [0.25, 0.3) is 0 Å². The summed E-state index contributed by atoms with van der Waals surface area (Å²) < 4.78 is 0. The van der Waals surface area contributed by atoms with Crippen LogP contribution in [0.2, 0.25) is 0 Å². The maximum absolute atomic E-state index is 8.76. The highest BCUT2D eigenvalue weighted by atomic mass is 35.5. The molecule has 0 aromatic heterocycles. The van der Waals surface area contributed by atoms with Gasteiger partial charge in [-0.3, -0.25) is 0 Å². The molecule has 0 aliphatic rings. The molecule has 0 bridgehead atoms. The normalized spacial score (nSPS) is 16.1. The lowest BCUT2D eigenvalue weighted by atomic mass is 9.98. The highest BCUT2D eigenvalue weighted by Gasteiger charge is 2.24. The van der Waals surface area contributed by atoms with Crippen molar-refractivity contribution in [1.29, 1.82) is 0 Å². The fourth-order valence-corrected chi connectivity index (χ4v) is 0.366. The Bertz CT molecular complexity index is 70.8. The monoisotopic (exact) mass is 156 g/mol. The van der Waals surface area contributed by atoms with Crippen LogP contribution < -0.4 is 0 Å². The van der Waals surface area contributed by atoms with Crippen molar-refractivity contribution in [3.63, 3.8) is 0 Å². The van der Waals surface area contributed by atoms with E-state index in [1.807, 2.05) is 0 Å². The van der Waals surface area contributed by atoms with E-state index in [1.54, 1.807) is 13.8 Å². The summed E-state index contributed by atoms with van der Waals surface area (Å²) in [4.78, 5) is 0. The van der Waals surface area contributed by atoms with Gasteiger partial charge in [0.1, 0.15) is 5.56 Å². The number of aliphatic hydroxyl groups is 1. The smallest absolute Gasteiger partial charge is 0.134 e. The molecule has 0 aromatic rings. The van der Waals surface area contributed by atoms with Crippen molar-refractivity contribution in [2.75, 3.05) is 5.88 Å². The van der Waals surface area contributed by atoms with Crippen LogP contribution in [0.1, 0.15) is 13.8 Å². The number of halogens is 2. The third-order valence-corrected chi connectivity index (χ3v) is 2.27. The highest BCUT2D eigenvalue weighted by molar-refractivity contribution is 6.22. The molecule has 0 amide bonds. The number of alkyl halides is 2. The molecule has 0 fully saturated rings. The molecular formula is C5H10Cl2O. The molecule has 0 saturated carbocycles. The van der Waals surface area contributed by atoms with Gasteiger partial charge in [0.05, 0.1) is 0 Å². The van der Waals surface area contributed by atoms with E-state index in [1.165, 1.54) is 0 Å². The number of rotatable bonds is 2. The zero-order valence-electron chi connectivity index (χ0n) is 4.99. The Morgan fingerprint density at radius 3 is 2.00 bits per heavy atom. The van der Waals surface area contributed by atoms with Crippen molar-refractivity contribution in [2.45, 2.75) is 19.4 Å². The van der Waals surface area contributed by atoms with Gasteiger partial charge in [-0.05, 0) is 0 Å². The van der Waals surface area contributed by atoms with E-state index in [0.29, 0.717) is 5.88 Å². The first kappa shape index (κ1) is 8.54. The van der Waals surface area contributed by atoms with Crippen LogP contribution >= 0.6 is 23.2 Å². The molecule has 8 heavy (non-hydrogen) atoms. The summed E-state index contributed by atoms with van der Waals surface area (Å²) in [6, 6.07) is 0. The molecule has 1 nitrogen and oxygen atoms in total. The lowest BCUT2D eigenvalue weighted by Crippen LogP contribution is -2.25. The van der Waals surface area contributed by atoms with Crippen LogP contribution in [-0.4, -0.2) is 16.5 Å². The van der Waals surface area contributed by atoms with Gasteiger partial charge in [-0.2, -0.15) is 0 Å². The molecule has 1 atom stereocenters. The van der Waals surface area contributed by atoms with Gasteiger partial charge in [0, 0.05) is 11.3 Å². The first-order chi connectivity index (χ1) is 3.50. The quantitative estimate of drug-likeness (QED) is 0.606. The molecule has 1 unspecified atom stereocenters. The summed E-state index contributed by atoms with van der Waals surface area (Å²) in [7, 11) is 0. The summed E-state index contributed by atoms with van der Waals surface area (Å²) in [6.45, 7) is 3.61. The predicted molar refractivity (Wildman–Crippen MR) is 36.4 cm³/mol. The van der Waals surface area contributed by atoms with Crippen molar-refractivity contribution < 1.29 is 5.11 Å². The Hall–Kier alpha value is 0.540. The molecule has 0 aliphatic carbocycles. The zero-order chi connectivity index (χ0) is 6.78. The first-order valence-corrected chi connectivity index (χ1v) is 3.36. The zero-order valence-corrected chi connectivity index (χ0v) is 6.50. The van der Waals surface area contributed by atoms with E-state index in [4.69, 9.17) is 28.3 Å². The second-order valence-corrected chi connectivity index (χ2v) is 3.14. The Labute approximate surface area is 59.6 Å². The number of hydrogen-bond acceptors (Lipinski definition) is 1.